The molecule has 3 saturated carbocycles. The summed E-state index contributed by atoms with van der Waals surface area (Å²) in [6.07, 6.45) is 4.92. The highest BCUT2D eigenvalue weighted by atomic mass is 16.3. The number of benzene rings is 10. The molecule has 0 N–H and O–H groups in total. The van der Waals surface area contributed by atoms with Gasteiger partial charge in [0.05, 0.1) is 17.1 Å². The molecule has 0 saturated heterocycles. The Kier molecular flexibility index (Phi) is 6.82. The van der Waals surface area contributed by atoms with Crippen molar-refractivity contribution in [2.45, 2.75) is 40.5 Å². The number of fused-ring (bicyclic) bond motifs is 15. The van der Waals surface area contributed by atoms with E-state index < -0.39 is 0 Å². The lowest BCUT2D eigenvalue weighted by molar-refractivity contribution is -0.381. The molecule has 9 atom stereocenters. The van der Waals surface area contributed by atoms with E-state index in [2.05, 4.69) is 252 Å². The van der Waals surface area contributed by atoms with Crippen molar-refractivity contribution in [3.63, 3.8) is 0 Å². The molecular formula is C73H46N2O. The standard InChI is InChI=1S/C73H46N2O/c1-2-17-43(18-3-1)74-57-30-14-10-23-48(57)53-39-41(33-35-59(53)74)42-34-36-60-54(40-42)49-24-11-15-31-58(49)75(60)61-37-38-63-65-64-52(27-16-32-62(64)76-63)69-72-56-29-13-9-21-46(56)44-19-4-6-25-50(44)67(72)71-55-28-12-8-22-47(55)45-20-5-7-26-51(45)68(71)73(69,66(61)65)70(71)72/h1-40,61,66-70H. The molecule has 0 amide bonds. The van der Waals surface area contributed by atoms with Gasteiger partial charge in [-0.05, 0) is 133 Å². The van der Waals surface area contributed by atoms with Crippen LogP contribution in [0.15, 0.2) is 241 Å². The zero-order chi connectivity index (χ0) is 49.0. The SMILES string of the molecule is C1=CC(n2c3ccccc3c3cc(-c4ccc5c(c4)c4ccccc4n5-c4ccccc4)ccc32)C2c3c1oc1cccc(c31)C1C34c5ccccc5-c5ccccc5C3C35c6ccccc6-c6ccccc6C3C21C54. The number of furan rings is 1. The fourth-order valence-corrected chi connectivity index (χ4v) is 19.5. The summed E-state index contributed by atoms with van der Waals surface area (Å²) in [6, 6.07) is 88.8. The molecule has 3 spiro atoms. The molecule has 7 aliphatic rings. The van der Waals surface area contributed by atoms with E-state index in [1.807, 2.05) is 0 Å². The summed E-state index contributed by atoms with van der Waals surface area (Å²) in [5.41, 5.74) is 24.2. The molecule has 7 aliphatic carbocycles. The predicted octanol–water partition coefficient (Wildman–Crippen LogP) is 17.8. The Labute approximate surface area is 438 Å². The molecule has 13 aromatic rings. The Morgan fingerprint density at radius 3 is 1.66 bits per heavy atom. The second kappa shape index (κ2) is 13.1. The van der Waals surface area contributed by atoms with E-state index in [4.69, 9.17) is 4.42 Å². The Balaban J connectivity index is 0.847. The van der Waals surface area contributed by atoms with Crippen LogP contribution < -0.4 is 0 Å². The van der Waals surface area contributed by atoms with Crippen molar-refractivity contribution < 1.29 is 4.42 Å². The minimum Gasteiger partial charge on any atom is -0.456 e. The van der Waals surface area contributed by atoms with Crippen molar-refractivity contribution in [3.8, 4) is 39.1 Å². The molecule has 3 nitrogen and oxygen atoms in total. The van der Waals surface area contributed by atoms with Crippen LogP contribution in [0.2, 0.25) is 0 Å². The fourth-order valence-electron chi connectivity index (χ4n) is 19.5. The molecule has 354 valence electrons. The minimum atomic E-state index is -0.124. The van der Waals surface area contributed by atoms with Gasteiger partial charge in [0.2, 0.25) is 0 Å². The van der Waals surface area contributed by atoms with Crippen molar-refractivity contribution in [1.82, 2.24) is 9.13 Å². The fraction of sp³-hybridized carbons (Fsp3) is 0.123. The summed E-state index contributed by atoms with van der Waals surface area (Å²) in [5.74, 6) is 2.44. The minimum absolute atomic E-state index is 0.0303. The van der Waals surface area contributed by atoms with E-state index in [0.29, 0.717) is 11.8 Å². The Hall–Kier alpha value is -8.92. The Morgan fingerprint density at radius 1 is 0.408 bits per heavy atom. The molecule has 20 rings (SSSR count). The number of hydrogen-bond acceptors (Lipinski definition) is 1. The van der Waals surface area contributed by atoms with Gasteiger partial charge in [0.15, 0.2) is 0 Å². The van der Waals surface area contributed by atoms with Crippen LogP contribution in [0.5, 0.6) is 0 Å². The predicted molar refractivity (Wildman–Crippen MR) is 308 cm³/mol. The number of rotatable bonds is 3. The van der Waals surface area contributed by atoms with E-state index in [9.17, 15) is 0 Å². The van der Waals surface area contributed by atoms with Gasteiger partial charge in [0, 0.05) is 83.7 Å². The molecular weight excluding hydrogens is 921 g/mol. The molecule has 0 bridgehead atoms. The van der Waals surface area contributed by atoms with E-state index in [1.54, 1.807) is 11.1 Å². The van der Waals surface area contributed by atoms with Gasteiger partial charge in [-0.2, -0.15) is 0 Å². The van der Waals surface area contributed by atoms with Crippen molar-refractivity contribution in [3.05, 3.63) is 276 Å². The van der Waals surface area contributed by atoms with Crippen molar-refractivity contribution >= 4 is 60.7 Å². The van der Waals surface area contributed by atoms with E-state index in [1.165, 1.54) is 110 Å². The van der Waals surface area contributed by atoms with Crippen LogP contribution in [0, 0.1) is 11.3 Å². The van der Waals surface area contributed by atoms with E-state index >= 15 is 0 Å². The van der Waals surface area contributed by atoms with Crippen LogP contribution in [0.3, 0.4) is 0 Å². The second-order valence-electron chi connectivity index (χ2n) is 23.3. The van der Waals surface area contributed by atoms with Gasteiger partial charge in [0.25, 0.3) is 0 Å². The number of aromatic nitrogens is 2. The van der Waals surface area contributed by atoms with Crippen molar-refractivity contribution in [1.29, 1.82) is 0 Å². The summed E-state index contributed by atoms with van der Waals surface area (Å²) in [7, 11) is 0. The van der Waals surface area contributed by atoms with Crippen LogP contribution in [-0.4, -0.2) is 9.13 Å². The summed E-state index contributed by atoms with van der Waals surface area (Å²) >= 11 is 0. The maximum atomic E-state index is 7.17. The first kappa shape index (κ1) is 39.5. The number of nitrogens with zero attached hydrogens (tertiary/aromatic N) is 2. The first-order chi connectivity index (χ1) is 37.7. The van der Waals surface area contributed by atoms with Crippen LogP contribution >= 0.6 is 0 Å². The summed E-state index contributed by atoms with van der Waals surface area (Å²) < 4.78 is 12.4. The summed E-state index contributed by atoms with van der Waals surface area (Å²) in [5, 5.41) is 6.51. The quantitative estimate of drug-likeness (QED) is 0.173. The van der Waals surface area contributed by atoms with E-state index in [-0.39, 0.29) is 40.0 Å². The highest BCUT2D eigenvalue weighted by Crippen LogP contribution is 3.05. The number of hydrogen-bond donors (Lipinski definition) is 0. The first-order valence-electron chi connectivity index (χ1n) is 27.5. The van der Waals surface area contributed by atoms with Crippen molar-refractivity contribution in [2.75, 3.05) is 0 Å². The van der Waals surface area contributed by atoms with E-state index in [0.717, 1.165) is 11.3 Å². The van der Waals surface area contributed by atoms with Crippen LogP contribution in [0.4, 0.5) is 0 Å². The smallest absolute Gasteiger partial charge is 0.135 e. The lowest BCUT2D eigenvalue weighted by Gasteiger charge is -2.99. The molecule has 10 aromatic carbocycles. The molecule has 3 heteroatoms. The maximum absolute atomic E-state index is 7.17. The average Bonchev–Trinajstić information content (AvgIpc) is 0.696. The molecule has 3 fully saturated rings. The van der Waals surface area contributed by atoms with Gasteiger partial charge in [-0.25, -0.2) is 0 Å². The van der Waals surface area contributed by atoms with Gasteiger partial charge >= 0.3 is 0 Å². The van der Waals surface area contributed by atoms with Gasteiger partial charge < -0.3 is 13.6 Å². The monoisotopic (exact) mass is 966 g/mol. The molecule has 0 aliphatic heterocycles. The normalized spacial score (nSPS) is 26.8. The molecule has 76 heavy (non-hydrogen) atoms. The van der Waals surface area contributed by atoms with Crippen LogP contribution in [-0.2, 0) is 10.8 Å². The average molecular weight is 967 g/mol. The lowest BCUT2D eigenvalue weighted by Crippen LogP contribution is -2.97. The third-order valence-corrected chi connectivity index (χ3v) is 21.1. The Bertz CT molecular complexity index is 4850. The van der Waals surface area contributed by atoms with Gasteiger partial charge in [0.1, 0.15) is 11.3 Å². The molecule has 0 radical (unpaired) electrons. The Morgan fingerprint density at radius 2 is 0.934 bits per heavy atom. The lowest BCUT2D eigenvalue weighted by atomic mass is 9.02. The largest absolute Gasteiger partial charge is 0.456 e. The number of para-hydroxylation sites is 3. The molecule has 3 aromatic heterocycles. The second-order valence-corrected chi connectivity index (χ2v) is 23.3. The van der Waals surface area contributed by atoms with Crippen molar-refractivity contribution in [2.24, 2.45) is 11.3 Å². The highest BCUT2D eigenvalue weighted by Gasteiger charge is 3.01. The third-order valence-electron chi connectivity index (χ3n) is 21.1. The number of allylic oxidation sites excluding steroid dienone is 1. The van der Waals surface area contributed by atoms with Gasteiger partial charge in [-0.3, -0.25) is 0 Å². The third kappa shape index (κ3) is 4.01. The first-order valence-corrected chi connectivity index (χ1v) is 27.5. The summed E-state index contributed by atoms with van der Waals surface area (Å²) in [4.78, 5) is 0. The molecule has 9 unspecified atom stereocenters. The van der Waals surface area contributed by atoms with Crippen LogP contribution in [0.25, 0.3) is 99.7 Å². The topological polar surface area (TPSA) is 23.0 Å². The zero-order valence-electron chi connectivity index (χ0n) is 41.4. The van der Waals surface area contributed by atoms with Gasteiger partial charge in [-0.1, -0.05) is 182 Å². The summed E-state index contributed by atoms with van der Waals surface area (Å²) in [6.45, 7) is 0. The zero-order valence-corrected chi connectivity index (χ0v) is 41.4. The van der Waals surface area contributed by atoms with Crippen LogP contribution in [0.1, 0.15) is 68.9 Å². The van der Waals surface area contributed by atoms with Gasteiger partial charge in [-0.15, -0.1) is 0 Å². The molecule has 3 heterocycles. The maximum Gasteiger partial charge on any atom is 0.135 e. The highest BCUT2D eigenvalue weighted by molar-refractivity contribution is 6.12.